The summed E-state index contributed by atoms with van der Waals surface area (Å²) in [7, 11) is 0. The first-order valence-corrected chi connectivity index (χ1v) is 7.61. The lowest BCUT2D eigenvalue weighted by atomic mass is 10.1. The van der Waals surface area contributed by atoms with E-state index in [-0.39, 0.29) is 5.91 Å². The van der Waals surface area contributed by atoms with Gasteiger partial charge in [0.25, 0.3) is 5.91 Å². The summed E-state index contributed by atoms with van der Waals surface area (Å²) in [5.74, 6) is 0.738. The van der Waals surface area contributed by atoms with Crippen molar-refractivity contribution in [1.29, 1.82) is 0 Å². The first kappa shape index (κ1) is 13.7. The van der Waals surface area contributed by atoms with Crippen molar-refractivity contribution in [2.24, 2.45) is 0 Å². The molecule has 0 radical (unpaired) electrons. The number of benzene rings is 2. The number of rotatable bonds is 2. The molecule has 102 valence electrons. The normalized spacial score (nSPS) is 12.7. The smallest absolute Gasteiger partial charge is 0.255 e. The molecule has 2 aromatic rings. The molecule has 1 heterocycles. The molecule has 3 rings (SSSR count). The van der Waals surface area contributed by atoms with Gasteiger partial charge < -0.3 is 10.1 Å². The third-order valence-corrected chi connectivity index (χ3v) is 4.70. The Morgan fingerprint density at radius 1 is 1.25 bits per heavy atom. The molecule has 1 N–H and O–H groups in total. The summed E-state index contributed by atoms with van der Waals surface area (Å²) in [6, 6.07) is 11.0. The molecule has 0 bridgehead atoms. The minimum absolute atomic E-state index is 0.165. The van der Waals surface area contributed by atoms with Crippen LogP contribution < -0.4 is 10.1 Å². The van der Waals surface area contributed by atoms with Crippen molar-refractivity contribution in [2.75, 3.05) is 11.9 Å². The second kappa shape index (κ2) is 5.61. The maximum absolute atomic E-state index is 12.2. The molecule has 1 amide bonds. The van der Waals surface area contributed by atoms with Crippen LogP contribution in [0.15, 0.2) is 36.4 Å². The van der Waals surface area contributed by atoms with Gasteiger partial charge in [0.1, 0.15) is 5.75 Å². The van der Waals surface area contributed by atoms with E-state index in [0.717, 1.165) is 27.0 Å². The number of hydrogen-bond acceptors (Lipinski definition) is 2. The number of fused-ring (bicyclic) bond motifs is 1. The van der Waals surface area contributed by atoms with Crippen LogP contribution in [0.2, 0.25) is 5.02 Å². The molecule has 3 nitrogen and oxygen atoms in total. The minimum atomic E-state index is -0.165. The van der Waals surface area contributed by atoms with E-state index in [1.54, 1.807) is 12.1 Å². The second-order valence-corrected chi connectivity index (χ2v) is 6.07. The summed E-state index contributed by atoms with van der Waals surface area (Å²) in [5.41, 5.74) is 2.45. The fourth-order valence-corrected chi connectivity index (χ4v) is 2.62. The Bertz CT molecular complexity index is 688. The number of carbonyl (C=O) groups excluding carboxylic acids is 1. The summed E-state index contributed by atoms with van der Waals surface area (Å²) in [5, 5.41) is 3.46. The van der Waals surface area contributed by atoms with E-state index in [9.17, 15) is 4.79 Å². The van der Waals surface area contributed by atoms with Gasteiger partial charge in [-0.15, -0.1) is 0 Å². The van der Waals surface area contributed by atoms with Crippen LogP contribution in [0.1, 0.15) is 15.9 Å². The molecule has 0 unspecified atom stereocenters. The fraction of sp³-hybridized carbons (Fsp3) is 0.133. The van der Waals surface area contributed by atoms with Crippen molar-refractivity contribution < 1.29 is 9.53 Å². The SMILES string of the molecule is O=C(Nc1ccc2c(c1)CCO2)c1ccc(I)c(Cl)c1. The van der Waals surface area contributed by atoms with Crippen LogP contribution in [0.5, 0.6) is 5.75 Å². The van der Waals surface area contributed by atoms with Crippen LogP contribution in [-0.4, -0.2) is 12.5 Å². The highest BCUT2D eigenvalue weighted by molar-refractivity contribution is 14.1. The predicted molar refractivity (Wildman–Crippen MR) is 87.8 cm³/mol. The molecule has 0 fully saturated rings. The molecular weight excluding hydrogens is 389 g/mol. The summed E-state index contributed by atoms with van der Waals surface area (Å²) < 4.78 is 6.37. The second-order valence-electron chi connectivity index (χ2n) is 4.50. The highest BCUT2D eigenvalue weighted by Crippen LogP contribution is 2.28. The zero-order valence-corrected chi connectivity index (χ0v) is 13.4. The van der Waals surface area contributed by atoms with E-state index >= 15 is 0 Å². The van der Waals surface area contributed by atoms with E-state index in [2.05, 4.69) is 27.9 Å². The van der Waals surface area contributed by atoms with E-state index in [1.165, 1.54) is 0 Å². The van der Waals surface area contributed by atoms with Crippen LogP contribution in [0, 0.1) is 3.57 Å². The average molecular weight is 400 g/mol. The zero-order valence-electron chi connectivity index (χ0n) is 10.5. The summed E-state index contributed by atoms with van der Waals surface area (Å²) in [6.07, 6.45) is 0.883. The average Bonchev–Trinajstić information content (AvgIpc) is 2.89. The highest BCUT2D eigenvalue weighted by Gasteiger charge is 2.14. The Morgan fingerprint density at radius 3 is 2.90 bits per heavy atom. The Kier molecular flexibility index (Phi) is 3.85. The van der Waals surface area contributed by atoms with E-state index in [4.69, 9.17) is 16.3 Å². The van der Waals surface area contributed by atoms with Crippen molar-refractivity contribution in [1.82, 2.24) is 0 Å². The molecule has 0 atom stereocenters. The molecule has 0 aliphatic carbocycles. The quantitative estimate of drug-likeness (QED) is 0.771. The molecule has 0 saturated heterocycles. The van der Waals surface area contributed by atoms with Crippen molar-refractivity contribution in [2.45, 2.75) is 6.42 Å². The molecule has 5 heteroatoms. The Balaban J connectivity index is 1.80. The third-order valence-electron chi connectivity index (χ3n) is 3.13. The number of halogens is 2. The van der Waals surface area contributed by atoms with E-state index in [0.29, 0.717) is 17.2 Å². The van der Waals surface area contributed by atoms with Gasteiger partial charge in [0, 0.05) is 21.2 Å². The first-order chi connectivity index (χ1) is 9.63. The molecule has 1 aliphatic heterocycles. The number of amides is 1. The maximum atomic E-state index is 12.2. The van der Waals surface area contributed by atoms with Gasteiger partial charge in [-0.25, -0.2) is 0 Å². The lowest BCUT2D eigenvalue weighted by Gasteiger charge is -2.07. The predicted octanol–water partition coefficient (Wildman–Crippen LogP) is 4.13. The van der Waals surface area contributed by atoms with E-state index < -0.39 is 0 Å². The topological polar surface area (TPSA) is 38.3 Å². The fourth-order valence-electron chi connectivity index (χ4n) is 2.10. The van der Waals surface area contributed by atoms with Crippen molar-refractivity contribution in [3.05, 3.63) is 56.1 Å². The monoisotopic (exact) mass is 399 g/mol. The van der Waals surface area contributed by atoms with Crippen molar-refractivity contribution in [3.8, 4) is 5.75 Å². The van der Waals surface area contributed by atoms with Gasteiger partial charge in [0.2, 0.25) is 0 Å². The largest absolute Gasteiger partial charge is 0.493 e. The number of hydrogen-bond donors (Lipinski definition) is 1. The lowest BCUT2D eigenvalue weighted by Crippen LogP contribution is -2.12. The van der Waals surface area contributed by atoms with Gasteiger partial charge >= 0.3 is 0 Å². The standard InChI is InChI=1S/C15H11ClINO2/c16-12-8-10(1-3-13(12)17)15(19)18-11-2-4-14-9(7-11)5-6-20-14/h1-4,7-8H,5-6H2,(H,18,19). The van der Waals surface area contributed by atoms with Crippen LogP contribution in [0.4, 0.5) is 5.69 Å². The van der Waals surface area contributed by atoms with E-state index in [1.807, 2.05) is 24.3 Å². The van der Waals surface area contributed by atoms with Crippen LogP contribution >= 0.6 is 34.2 Å². The molecule has 20 heavy (non-hydrogen) atoms. The van der Waals surface area contributed by atoms with Gasteiger partial charge in [-0.1, -0.05) is 11.6 Å². The minimum Gasteiger partial charge on any atom is -0.493 e. The number of anilines is 1. The molecule has 0 spiro atoms. The van der Waals surface area contributed by atoms with Crippen molar-refractivity contribution >= 4 is 45.8 Å². The van der Waals surface area contributed by atoms with Gasteiger partial charge in [0.15, 0.2) is 0 Å². The van der Waals surface area contributed by atoms with Crippen LogP contribution in [0.25, 0.3) is 0 Å². The van der Waals surface area contributed by atoms with Crippen LogP contribution in [0.3, 0.4) is 0 Å². The van der Waals surface area contributed by atoms with Gasteiger partial charge in [-0.2, -0.15) is 0 Å². The molecule has 2 aromatic carbocycles. The van der Waals surface area contributed by atoms with Gasteiger partial charge in [-0.05, 0) is 64.6 Å². The summed E-state index contributed by atoms with van der Waals surface area (Å²) in [6.45, 7) is 0.708. The Labute approximate surface area is 135 Å². The number of nitrogens with one attached hydrogen (secondary N) is 1. The summed E-state index contributed by atoms with van der Waals surface area (Å²) >= 11 is 8.16. The highest BCUT2D eigenvalue weighted by atomic mass is 127. The number of carbonyl (C=O) groups is 1. The molecular formula is C15H11ClINO2. The zero-order chi connectivity index (χ0) is 14.1. The molecule has 0 saturated carbocycles. The summed E-state index contributed by atoms with van der Waals surface area (Å²) in [4.78, 5) is 12.2. The Hall–Kier alpha value is -1.27. The molecule has 1 aliphatic rings. The lowest BCUT2D eigenvalue weighted by molar-refractivity contribution is 0.102. The van der Waals surface area contributed by atoms with Gasteiger partial charge in [-0.3, -0.25) is 4.79 Å². The van der Waals surface area contributed by atoms with Gasteiger partial charge in [0.05, 0.1) is 11.6 Å². The Morgan fingerprint density at radius 2 is 2.10 bits per heavy atom. The third kappa shape index (κ3) is 2.76. The number of ether oxygens (including phenoxy) is 1. The molecule has 0 aromatic heterocycles. The van der Waals surface area contributed by atoms with Crippen LogP contribution in [-0.2, 0) is 6.42 Å². The maximum Gasteiger partial charge on any atom is 0.255 e. The first-order valence-electron chi connectivity index (χ1n) is 6.15. The van der Waals surface area contributed by atoms with Crippen molar-refractivity contribution in [3.63, 3.8) is 0 Å².